The minimum absolute atomic E-state index is 0.324. The lowest BCUT2D eigenvalue weighted by Gasteiger charge is -2.12. The van der Waals surface area contributed by atoms with Crippen molar-refractivity contribution in [1.82, 2.24) is 14.6 Å². The molecule has 16 heavy (non-hydrogen) atoms. The molecule has 92 valence electrons. The van der Waals surface area contributed by atoms with Gasteiger partial charge in [-0.3, -0.25) is 0 Å². The molecule has 0 saturated carbocycles. The number of aromatic nitrogens is 1. The highest BCUT2D eigenvalue weighted by Gasteiger charge is 2.20. The Hall–Kier alpha value is -0.850. The molecule has 2 N–H and O–H groups in total. The maximum absolute atomic E-state index is 11.9. The van der Waals surface area contributed by atoms with Crippen LogP contribution in [0.1, 0.15) is 19.5 Å². The monoisotopic (exact) mass is 245 g/mol. The molecule has 0 aliphatic rings. The van der Waals surface area contributed by atoms with Crippen molar-refractivity contribution < 1.29 is 8.42 Å². The second-order valence-electron chi connectivity index (χ2n) is 3.56. The molecule has 0 aliphatic heterocycles. The fraction of sp³-hybridized carbons (Fsp3) is 0.600. The fourth-order valence-corrected chi connectivity index (χ4v) is 2.48. The zero-order valence-electron chi connectivity index (χ0n) is 9.95. The summed E-state index contributed by atoms with van der Waals surface area (Å²) in [4.78, 5) is 3.28. The second-order valence-corrected chi connectivity index (χ2v) is 5.61. The first-order valence-corrected chi connectivity index (χ1v) is 6.80. The first-order valence-electron chi connectivity index (χ1n) is 5.36. The van der Waals surface area contributed by atoms with Crippen molar-refractivity contribution in [3.05, 3.63) is 18.0 Å². The number of rotatable bonds is 6. The second kappa shape index (κ2) is 5.47. The van der Waals surface area contributed by atoms with Gasteiger partial charge in [-0.05, 0) is 12.6 Å². The molecule has 1 aromatic heterocycles. The lowest BCUT2D eigenvalue weighted by molar-refractivity contribution is 0.486. The van der Waals surface area contributed by atoms with Crippen LogP contribution in [0.25, 0.3) is 0 Å². The van der Waals surface area contributed by atoms with Gasteiger partial charge in [-0.1, -0.05) is 13.8 Å². The molecular weight excluding hydrogens is 226 g/mol. The van der Waals surface area contributed by atoms with Crippen molar-refractivity contribution in [2.24, 2.45) is 0 Å². The van der Waals surface area contributed by atoms with E-state index in [-0.39, 0.29) is 0 Å². The van der Waals surface area contributed by atoms with E-state index < -0.39 is 10.0 Å². The van der Waals surface area contributed by atoms with Gasteiger partial charge in [-0.2, -0.15) is 0 Å². The number of H-pyrrole nitrogens is 1. The first-order chi connectivity index (χ1) is 7.52. The van der Waals surface area contributed by atoms with Gasteiger partial charge in [-0.25, -0.2) is 12.7 Å². The molecule has 0 unspecified atom stereocenters. The zero-order chi connectivity index (χ0) is 12.2. The highest BCUT2D eigenvalue weighted by molar-refractivity contribution is 7.89. The smallest absolute Gasteiger partial charge is 0.244 e. The van der Waals surface area contributed by atoms with Crippen molar-refractivity contribution in [2.75, 3.05) is 20.1 Å². The summed E-state index contributed by atoms with van der Waals surface area (Å²) in [7, 11) is -1.74. The van der Waals surface area contributed by atoms with Crippen molar-refractivity contribution in [2.45, 2.75) is 25.3 Å². The normalized spacial score (nSPS) is 12.2. The van der Waals surface area contributed by atoms with Gasteiger partial charge in [0.05, 0.1) is 4.90 Å². The summed E-state index contributed by atoms with van der Waals surface area (Å²) in [5.74, 6) is 0. The van der Waals surface area contributed by atoms with Gasteiger partial charge in [0.25, 0.3) is 0 Å². The maximum Gasteiger partial charge on any atom is 0.244 e. The van der Waals surface area contributed by atoms with Crippen LogP contribution >= 0.6 is 0 Å². The summed E-state index contributed by atoms with van der Waals surface area (Å²) in [6.07, 6.45) is 1.54. The SMILES string of the molecule is CCNCc1cc(S(=O)(=O)N(C)CC)c[nH]1. The molecule has 0 fully saturated rings. The third-order valence-electron chi connectivity index (χ3n) is 2.44. The molecule has 0 radical (unpaired) electrons. The summed E-state index contributed by atoms with van der Waals surface area (Å²) in [6.45, 7) is 5.79. The topological polar surface area (TPSA) is 65.2 Å². The van der Waals surface area contributed by atoms with Crippen LogP contribution in [0.3, 0.4) is 0 Å². The average Bonchev–Trinajstić information content (AvgIpc) is 2.74. The van der Waals surface area contributed by atoms with Crippen molar-refractivity contribution in [3.63, 3.8) is 0 Å². The van der Waals surface area contributed by atoms with Gasteiger partial charge < -0.3 is 10.3 Å². The Bertz CT molecular complexity index is 425. The van der Waals surface area contributed by atoms with Gasteiger partial charge >= 0.3 is 0 Å². The van der Waals surface area contributed by atoms with Crippen LogP contribution in [-0.4, -0.2) is 37.8 Å². The number of nitrogens with one attached hydrogen (secondary N) is 2. The van der Waals surface area contributed by atoms with E-state index in [0.717, 1.165) is 12.2 Å². The Morgan fingerprint density at radius 1 is 1.44 bits per heavy atom. The van der Waals surface area contributed by atoms with E-state index in [1.54, 1.807) is 13.1 Å². The lowest BCUT2D eigenvalue weighted by atomic mass is 10.4. The van der Waals surface area contributed by atoms with Crippen LogP contribution in [0.5, 0.6) is 0 Å². The van der Waals surface area contributed by atoms with E-state index in [1.165, 1.54) is 10.5 Å². The molecule has 1 heterocycles. The Balaban J connectivity index is 2.85. The molecular formula is C10H19N3O2S. The molecule has 1 rings (SSSR count). The van der Waals surface area contributed by atoms with Gasteiger partial charge in [0.2, 0.25) is 10.0 Å². The van der Waals surface area contributed by atoms with E-state index in [1.807, 2.05) is 13.8 Å². The van der Waals surface area contributed by atoms with Gasteiger partial charge in [0.15, 0.2) is 0 Å². The molecule has 1 aromatic rings. The van der Waals surface area contributed by atoms with Crippen molar-refractivity contribution in [3.8, 4) is 0 Å². The highest BCUT2D eigenvalue weighted by Crippen LogP contribution is 2.14. The number of aromatic amines is 1. The Kier molecular flexibility index (Phi) is 4.52. The lowest BCUT2D eigenvalue weighted by Crippen LogP contribution is -2.26. The predicted molar refractivity (Wildman–Crippen MR) is 63.7 cm³/mol. The van der Waals surface area contributed by atoms with Gasteiger partial charge in [0.1, 0.15) is 0 Å². The molecule has 6 heteroatoms. The summed E-state index contributed by atoms with van der Waals surface area (Å²) in [5, 5.41) is 3.13. The van der Waals surface area contributed by atoms with Crippen LogP contribution in [0.2, 0.25) is 0 Å². The van der Waals surface area contributed by atoms with Crippen LogP contribution in [0, 0.1) is 0 Å². The third kappa shape index (κ3) is 2.84. The fourth-order valence-electron chi connectivity index (χ4n) is 1.28. The Morgan fingerprint density at radius 2 is 2.12 bits per heavy atom. The standard InChI is InChI=1S/C10H19N3O2S/c1-4-11-7-9-6-10(8-12-9)16(14,15)13(3)5-2/h6,8,11-12H,4-5,7H2,1-3H3. The number of hydrogen-bond acceptors (Lipinski definition) is 3. The van der Waals surface area contributed by atoms with Crippen molar-refractivity contribution in [1.29, 1.82) is 0 Å². The molecule has 0 bridgehead atoms. The van der Waals surface area contributed by atoms with Crippen LogP contribution in [0.15, 0.2) is 17.2 Å². The Morgan fingerprint density at radius 3 is 2.69 bits per heavy atom. The zero-order valence-corrected chi connectivity index (χ0v) is 10.8. The number of nitrogens with zero attached hydrogens (tertiary/aromatic N) is 1. The highest BCUT2D eigenvalue weighted by atomic mass is 32.2. The number of hydrogen-bond donors (Lipinski definition) is 2. The molecule has 0 atom stereocenters. The van der Waals surface area contributed by atoms with E-state index in [4.69, 9.17) is 0 Å². The van der Waals surface area contributed by atoms with E-state index in [9.17, 15) is 8.42 Å². The molecule has 0 spiro atoms. The van der Waals surface area contributed by atoms with Crippen LogP contribution in [0.4, 0.5) is 0 Å². The molecule has 0 aliphatic carbocycles. The summed E-state index contributed by atoms with van der Waals surface area (Å²) in [5.41, 5.74) is 0.880. The van der Waals surface area contributed by atoms with E-state index in [2.05, 4.69) is 10.3 Å². The predicted octanol–water partition coefficient (Wildman–Crippen LogP) is 0.765. The largest absolute Gasteiger partial charge is 0.363 e. The Labute approximate surface area is 96.9 Å². The molecule has 0 amide bonds. The van der Waals surface area contributed by atoms with Crippen LogP contribution in [-0.2, 0) is 16.6 Å². The quantitative estimate of drug-likeness (QED) is 0.778. The first kappa shape index (κ1) is 13.2. The van der Waals surface area contributed by atoms with Gasteiger partial charge in [0, 0.05) is 32.0 Å². The minimum atomic E-state index is -3.32. The van der Waals surface area contributed by atoms with Crippen LogP contribution < -0.4 is 5.32 Å². The van der Waals surface area contributed by atoms with E-state index >= 15 is 0 Å². The molecule has 0 saturated heterocycles. The minimum Gasteiger partial charge on any atom is -0.363 e. The molecule has 5 nitrogen and oxygen atoms in total. The van der Waals surface area contributed by atoms with Gasteiger partial charge in [-0.15, -0.1) is 0 Å². The summed E-state index contributed by atoms with van der Waals surface area (Å²) >= 11 is 0. The van der Waals surface area contributed by atoms with E-state index in [0.29, 0.717) is 18.0 Å². The summed E-state index contributed by atoms with van der Waals surface area (Å²) < 4.78 is 25.2. The summed E-state index contributed by atoms with van der Waals surface area (Å²) in [6, 6.07) is 1.67. The maximum atomic E-state index is 11.9. The van der Waals surface area contributed by atoms with Crippen molar-refractivity contribution >= 4 is 10.0 Å². The average molecular weight is 245 g/mol. The third-order valence-corrected chi connectivity index (χ3v) is 4.35. The number of sulfonamides is 1. The molecule has 0 aromatic carbocycles.